The van der Waals surface area contributed by atoms with Crippen LogP contribution >= 0.6 is 0 Å². The van der Waals surface area contributed by atoms with Gasteiger partial charge in [-0.1, -0.05) is 13.0 Å². The number of nitriles is 1. The molecule has 5 heteroatoms. The van der Waals surface area contributed by atoms with Crippen LogP contribution in [-0.4, -0.2) is 9.78 Å². The number of nitrogen functional groups attached to an aromatic ring is 1. The van der Waals surface area contributed by atoms with Gasteiger partial charge in [-0.3, -0.25) is 4.68 Å². The van der Waals surface area contributed by atoms with Crippen LogP contribution in [0.1, 0.15) is 18.9 Å². The third-order valence-corrected chi connectivity index (χ3v) is 2.48. The van der Waals surface area contributed by atoms with Crippen molar-refractivity contribution in [1.82, 2.24) is 9.78 Å². The molecule has 2 aromatic rings. The first-order valence-electron chi connectivity index (χ1n) is 5.73. The molecule has 0 spiro atoms. The number of nitrogens with two attached hydrogens (primary N) is 1. The maximum Gasteiger partial charge on any atom is 0.165 e. The van der Waals surface area contributed by atoms with E-state index in [1.54, 1.807) is 29.1 Å². The highest BCUT2D eigenvalue weighted by Gasteiger charge is 2.07. The molecule has 5 nitrogen and oxygen atoms in total. The van der Waals surface area contributed by atoms with E-state index < -0.39 is 0 Å². The maximum atomic E-state index is 8.88. The Kier molecular flexibility index (Phi) is 3.49. The largest absolute Gasteiger partial charge is 0.452 e. The third-order valence-electron chi connectivity index (χ3n) is 2.48. The molecule has 1 aromatic heterocycles. The van der Waals surface area contributed by atoms with Gasteiger partial charge in [-0.05, 0) is 18.6 Å². The summed E-state index contributed by atoms with van der Waals surface area (Å²) < 4.78 is 7.42. The third kappa shape index (κ3) is 2.43. The second-order valence-corrected chi connectivity index (χ2v) is 3.87. The average Bonchev–Trinajstić information content (AvgIpc) is 2.80. The molecule has 0 atom stereocenters. The highest BCUT2D eigenvalue weighted by atomic mass is 16.5. The number of anilines is 1. The van der Waals surface area contributed by atoms with Gasteiger partial charge in [-0.25, -0.2) is 0 Å². The number of hydrogen-bond donors (Lipinski definition) is 1. The molecule has 2 N–H and O–H groups in total. The Hall–Kier alpha value is -2.48. The van der Waals surface area contributed by atoms with Gasteiger partial charge in [0.15, 0.2) is 11.5 Å². The Morgan fingerprint density at radius 3 is 3.06 bits per heavy atom. The van der Waals surface area contributed by atoms with Gasteiger partial charge in [0.2, 0.25) is 0 Å². The highest BCUT2D eigenvalue weighted by Crippen LogP contribution is 2.29. The minimum absolute atomic E-state index is 0.350. The Morgan fingerprint density at radius 2 is 2.33 bits per heavy atom. The van der Waals surface area contributed by atoms with Gasteiger partial charge >= 0.3 is 0 Å². The minimum atomic E-state index is 0.350. The van der Waals surface area contributed by atoms with Crippen molar-refractivity contribution >= 4 is 5.69 Å². The molecule has 0 radical (unpaired) electrons. The van der Waals surface area contributed by atoms with E-state index in [1.165, 1.54) is 0 Å². The second-order valence-electron chi connectivity index (χ2n) is 3.87. The molecule has 2 rings (SSSR count). The number of nitrogens with zero attached hydrogens (tertiary/aromatic N) is 3. The molecule has 0 fully saturated rings. The summed E-state index contributed by atoms with van der Waals surface area (Å²) in [5.74, 6) is 1.09. The average molecular weight is 242 g/mol. The minimum Gasteiger partial charge on any atom is -0.452 e. The predicted octanol–water partition coefficient (Wildman–Crippen LogP) is 2.54. The topological polar surface area (TPSA) is 76.9 Å². The summed E-state index contributed by atoms with van der Waals surface area (Å²) in [6.45, 7) is 2.92. The summed E-state index contributed by atoms with van der Waals surface area (Å²) in [7, 11) is 0. The summed E-state index contributed by atoms with van der Waals surface area (Å²) in [6, 6.07) is 7.14. The standard InChI is InChI=1S/C13H14N4O/c1-2-6-17-9-11(8-16-17)18-12-5-3-4-10(7-14)13(12)15/h3-5,8-9H,2,6,15H2,1H3. The summed E-state index contributed by atoms with van der Waals surface area (Å²) in [4.78, 5) is 0. The van der Waals surface area contributed by atoms with Gasteiger partial charge in [0.1, 0.15) is 6.07 Å². The lowest BCUT2D eigenvalue weighted by molar-refractivity contribution is 0.483. The van der Waals surface area contributed by atoms with Crippen molar-refractivity contribution in [1.29, 1.82) is 5.26 Å². The van der Waals surface area contributed by atoms with Crippen molar-refractivity contribution in [3.8, 4) is 17.6 Å². The molecule has 0 saturated heterocycles. The molecule has 0 aliphatic heterocycles. The number of rotatable bonds is 4. The molecule has 92 valence electrons. The van der Waals surface area contributed by atoms with E-state index in [4.69, 9.17) is 15.7 Å². The van der Waals surface area contributed by atoms with Crippen molar-refractivity contribution in [2.24, 2.45) is 0 Å². The quantitative estimate of drug-likeness (QED) is 0.836. The lowest BCUT2D eigenvalue weighted by atomic mass is 10.2. The van der Waals surface area contributed by atoms with E-state index >= 15 is 0 Å². The van der Waals surface area contributed by atoms with Gasteiger partial charge in [0.05, 0.1) is 23.6 Å². The zero-order chi connectivity index (χ0) is 13.0. The van der Waals surface area contributed by atoms with Crippen LogP contribution in [0.25, 0.3) is 0 Å². The maximum absolute atomic E-state index is 8.88. The predicted molar refractivity (Wildman–Crippen MR) is 68.2 cm³/mol. The van der Waals surface area contributed by atoms with Crippen LogP contribution < -0.4 is 10.5 Å². The number of hydrogen-bond acceptors (Lipinski definition) is 4. The van der Waals surface area contributed by atoms with E-state index in [9.17, 15) is 0 Å². The van der Waals surface area contributed by atoms with Crippen LogP contribution in [0.3, 0.4) is 0 Å². The van der Waals surface area contributed by atoms with Crippen molar-refractivity contribution < 1.29 is 4.74 Å². The smallest absolute Gasteiger partial charge is 0.165 e. The van der Waals surface area contributed by atoms with Crippen LogP contribution in [0.15, 0.2) is 30.6 Å². The highest BCUT2D eigenvalue weighted by molar-refractivity contribution is 5.63. The number of para-hydroxylation sites is 1. The monoisotopic (exact) mass is 242 g/mol. The number of aromatic nitrogens is 2. The molecule has 0 saturated carbocycles. The first-order valence-corrected chi connectivity index (χ1v) is 5.73. The molecule has 0 aliphatic carbocycles. The van der Waals surface area contributed by atoms with Crippen LogP contribution in [0.5, 0.6) is 11.5 Å². The lowest BCUT2D eigenvalue weighted by Gasteiger charge is -2.06. The number of benzene rings is 1. The molecular formula is C13H14N4O. The zero-order valence-corrected chi connectivity index (χ0v) is 10.1. The first kappa shape index (κ1) is 12.0. The first-order chi connectivity index (χ1) is 8.74. The molecular weight excluding hydrogens is 228 g/mol. The molecule has 1 heterocycles. The van der Waals surface area contributed by atoms with Crippen LogP contribution in [0.4, 0.5) is 5.69 Å². The van der Waals surface area contributed by atoms with E-state index in [-0.39, 0.29) is 0 Å². The fourth-order valence-corrected chi connectivity index (χ4v) is 1.61. The van der Waals surface area contributed by atoms with Crippen molar-refractivity contribution in [2.45, 2.75) is 19.9 Å². The number of aryl methyl sites for hydroxylation is 1. The molecule has 0 amide bonds. The van der Waals surface area contributed by atoms with Crippen LogP contribution in [0.2, 0.25) is 0 Å². The van der Waals surface area contributed by atoms with E-state index in [0.29, 0.717) is 22.7 Å². The normalized spacial score (nSPS) is 10.0. The van der Waals surface area contributed by atoms with E-state index in [2.05, 4.69) is 12.0 Å². The lowest BCUT2D eigenvalue weighted by Crippen LogP contribution is -1.96. The summed E-state index contributed by atoms with van der Waals surface area (Å²) in [6.07, 6.45) is 4.45. The zero-order valence-electron chi connectivity index (χ0n) is 10.1. The van der Waals surface area contributed by atoms with Gasteiger partial charge in [-0.15, -0.1) is 0 Å². The Labute approximate surface area is 105 Å². The molecule has 0 unspecified atom stereocenters. The SMILES string of the molecule is CCCn1cc(Oc2cccc(C#N)c2N)cn1. The van der Waals surface area contributed by atoms with Gasteiger partial charge < -0.3 is 10.5 Å². The molecule has 0 bridgehead atoms. The Morgan fingerprint density at radius 1 is 1.50 bits per heavy atom. The summed E-state index contributed by atoms with van der Waals surface area (Å²) >= 11 is 0. The van der Waals surface area contributed by atoms with Gasteiger partial charge in [0.25, 0.3) is 0 Å². The molecule has 1 aromatic carbocycles. The van der Waals surface area contributed by atoms with Gasteiger partial charge in [0, 0.05) is 6.54 Å². The Bertz CT molecular complexity index is 583. The molecule has 18 heavy (non-hydrogen) atoms. The van der Waals surface area contributed by atoms with Crippen molar-refractivity contribution in [2.75, 3.05) is 5.73 Å². The van der Waals surface area contributed by atoms with E-state index in [1.807, 2.05) is 12.3 Å². The van der Waals surface area contributed by atoms with Crippen molar-refractivity contribution in [3.63, 3.8) is 0 Å². The fraction of sp³-hybridized carbons (Fsp3) is 0.231. The van der Waals surface area contributed by atoms with Crippen molar-refractivity contribution in [3.05, 3.63) is 36.2 Å². The van der Waals surface area contributed by atoms with E-state index in [0.717, 1.165) is 13.0 Å². The fourth-order valence-electron chi connectivity index (χ4n) is 1.61. The van der Waals surface area contributed by atoms with Gasteiger partial charge in [-0.2, -0.15) is 10.4 Å². The molecule has 0 aliphatic rings. The summed E-state index contributed by atoms with van der Waals surface area (Å²) in [5.41, 5.74) is 6.59. The van der Waals surface area contributed by atoms with Crippen LogP contribution in [0, 0.1) is 11.3 Å². The number of ether oxygens (including phenoxy) is 1. The Balaban J connectivity index is 2.21. The summed E-state index contributed by atoms with van der Waals surface area (Å²) in [5, 5.41) is 13.0. The van der Waals surface area contributed by atoms with Crippen LogP contribution in [-0.2, 0) is 6.54 Å². The second kappa shape index (κ2) is 5.23.